The molecule has 2 N–H and O–H groups in total. The SMILES string of the molecule is CCOC(=O)Cc1cc(C(=O)c2ccc3c(F)c(-c4ccccc4)n(CCCCN4C(=O)c5ccccc5C4=O)c3c2)sc1-c1cccc(N)c1. The van der Waals surface area contributed by atoms with E-state index in [0.29, 0.717) is 74.4 Å². The number of hydrogen-bond acceptors (Lipinski definition) is 7. The van der Waals surface area contributed by atoms with E-state index in [1.807, 2.05) is 47.0 Å². The van der Waals surface area contributed by atoms with E-state index < -0.39 is 11.8 Å². The van der Waals surface area contributed by atoms with Crippen LogP contribution in [0.4, 0.5) is 10.1 Å². The van der Waals surface area contributed by atoms with Crippen molar-refractivity contribution in [1.29, 1.82) is 0 Å². The Labute approximate surface area is 297 Å². The van der Waals surface area contributed by atoms with Gasteiger partial charge in [-0.05, 0) is 73.4 Å². The summed E-state index contributed by atoms with van der Waals surface area (Å²) in [6.07, 6.45) is 1.04. The maximum absolute atomic E-state index is 16.2. The summed E-state index contributed by atoms with van der Waals surface area (Å²) in [6.45, 7) is 2.60. The van der Waals surface area contributed by atoms with Crippen molar-refractivity contribution in [3.05, 3.63) is 136 Å². The molecule has 0 spiro atoms. The van der Waals surface area contributed by atoms with E-state index in [-0.39, 0.29) is 37.2 Å². The molecule has 3 heterocycles. The van der Waals surface area contributed by atoms with Crippen molar-refractivity contribution in [1.82, 2.24) is 9.47 Å². The number of aromatic nitrogens is 1. The third-order valence-corrected chi connectivity index (χ3v) is 10.3. The van der Waals surface area contributed by atoms with Gasteiger partial charge in [-0.15, -0.1) is 11.3 Å². The Bertz CT molecular complexity index is 2290. The number of fused-ring (bicyclic) bond motifs is 2. The number of nitrogens with two attached hydrogens (primary N) is 1. The molecular weight excluding hydrogens is 666 g/mol. The minimum atomic E-state index is -0.398. The molecule has 7 rings (SSSR count). The average molecular weight is 700 g/mol. The molecule has 1 aliphatic heterocycles. The molecule has 8 nitrogen and oxygen atoms in total. The zero-order chi connectivity index (χ0) is 35.6. The van der Waals surface area contributed by atoms with Crippen LogP contribution in [-0.4, -0.2) is 46.2 Å². The summed E-state index contributed by atoms with van der Waals surface area (Å²) in [5, 5.41) is 0.375. The van der Waals surface area contributed by atoms with Crippen molar-refractivity contribution in [3.63, 3.8) is 0 Å². The molecule has 0 unspecified atom stereocenters. The van der Waals surface area contributed by atoms with Crippen LogP contribution in [0.15, 0.2) is 103 Å². The Morgan fingerprint density at radius 1 is 0.804 bits per heavy atom. The van der Waals surface area contributed by atoms with Crippen LogP contribution >= 0.6 is 11.3 Å². The van der Waals surface area contributed by atoms with Gasteiger partial charge in [0.25, 0.3) is 11.8 Å². The molecule has 6 aromatic rings. The van der Waals surface area contributed by atoms with Crippen LogP contribution in [0.25, 0.3) is 32.6 Å². The lowest BCUT2D eigenvalue weighted by atomic mass is 10.0. The quantitative estimate of drug-likeness (QED) is 0.0454. The van der Waals surface area contributed by atoms with Crippen LogP contribution in [0.3, 0.4) is 0 Å². The van der Waals surface area contributed by atoms with Crippen molar-refractivity contribution in [2.24, 2.45) is 0 Å². The summed E-state index contributed by atoms with van der Waals surface area (Å²) in [7, 11) is 0. The Kier molecular flexibility index (Phi) is 9.34. The second-order valence-corrected chi connectivity index (χ2v) is 13.4. The maximum atomic E-state index is 16.2. The highest BCUT2D eigenvalue weighted by atomic mass is 32.1. The Hall–Kier alpha value is -5.87. The number of hydrogen-bond donors (Lipinski definition) is 1. The highest BCUT2D eigenvalue weighted by molar-refractivity contribution is 7.17. The molecule has 2 aromatic heterocycles. The van der Waals surface area contributed by atoms with Crippen LogP contribution in [0, 0.1) is 5.82 Å². The number of ether oxygens (including phenoxy) is 1. The number of ketones is 1. The number of nitrogen functional groups attached to an aromatic ring is 1. The highest BCUT2D eigenvalue weighted by Gasteiger charge is 2.34. The summed E-state index contributed by atoms with van der Waals surface area (Å²) in [5.41, 5.74) is 10.9. The minimum absolute atomic E-state index is 0.00397. The van der Waals surface area contributed by atoms with Gasteiger partial charge in [0.15, 0.2) is 5.82 Å². The van der Waals surface area contributed by atoms with Crippen molar-refractivity contribution >= 4 is 51.5 Å². The van der Waals surface area contributed by atoms with Gasteiger partial charge in [-0.2, -0.15) is 0 Å². The summed E-state index contributed by atoms with van der Waals surface area (Å²) >= 11 is 1.27. The van der Waals surface area contributed by atoms with E-state index in [1.54, 1.807) is 67.6 Å². The van der Waals surface area contributed by atoms with E-state index in [2.05, 4.69) is 0 Å². The second-order valence-electron chi connectivity index (χ2n) is 12.3. The summed E-state index contributed by atoms with van der Waals surface area (Å²) < 4.78 is 23.3. The number of carbonyl (C=O) groups excluding carboxylic acids is 4. The van der Waals surface area contributed by atoms with Crippen LogP contribution in [0.2, 0.25) is 0 Å². The molecule has 51 heavy (non-hydrogen) atoms. The third kappa shape index (κ3) is 6.46. The predicted molar refractivity (Wildman–Crippen MR) is 196 cm³/mol. The minimum Gasteiger partial charge on any atom is -0.466 e. The molecule has 0 fully saturated rings. The first-order chi connectivity index (χ1) is 24.7. The number of carbonyl (C=O) groups is 4. The smallest absolute Gasteiger partial charge is 0.310 e. The molecule has 1 aliphatic rings. The lowest BCUT2D eigenvalue weighted by molar-refractivity contribution is -0.142. The van der Waals surface area contributed by atoms with Crippen LogP contribution in [-0.2, 0) is 22.5 Å². The van der Waals surface area contributed by atoms with Gasteiger partial charge < -0.3 is 15.0 Å². The Morgan fingerprint density at radius 3 is 2.20 bits per heavy atom. The number of benzene rings is 4. The summed E-state index contributed by atoms with van der Waals surface area (Å²) in [4.78, 5) is 54.8. The second kappa shape index (κ2) is 14.2. The number of halogens is 1. The molecule has 0 saturated carbocycles. The first-order valence-corrected chi connectivity index (χ1v) is 17.6. The van der Waals surface area contributed by atoms with Crippen LogP contribution in [0.5, 0.6) is 0 Å². The number of esters is 1. The summed E-state index contributed by atoms with van der Waals surface area (Å²) in [6, 6.07) is 30.0. The van der Waals surface area contributed by atoms with Crippen molar-refractivity contribution < 1.29 is 28.3 Å². The Balaban J connectivity index is 1.20. The normalized spacial score (nSPS) is 12.5. The first-order valence-electron chi connectivity index (χ1n) is 16.8. The lowest BCUT2D eigenvalue weighted by Crippen LogP contribution is -2.30. The number of rotatable bonds is 12. The van der Waals surface area contributed by atoms with Gasteiger partial charge in [-0.1, -0.05) is 60.7 Å². The van der Waals surface area contributed by atoms with Gasteiger partial charge in [-0.3, -0.25) is 24.1 Å². The van der Waals surface area contributed by atoms with Crippen molar-refractivity contribution in [3.8, 4) is 21.7 Å². The van der Waals surface area contributed by atoms with Gasteiger partial charge in [0.05, 0.1) is 40.2 Å². The molecule has 4 aromatic carbocycles. The van der Waals surface area contributed by atoms with E-state index in [4.69, 9.17) is 10.5 Å². The Morgan fingerprint density at radius 2 is 1.49 bits per heavy atom. The molecule has 0 aliphatic carbocycles. The van der Waals surface area contributed by atoms with Crippen LogP contribution < -0.4 is 5.73 Å². The molecule has 0 saturated heterocycles. The predicted octanol–water partition coefficient (Wildman–Crippen LogP) is 8.17. The number of imide groups is 1. The fourth-order valence-electron chi connectivity index (χ4n) is 6.65. The molecule has 0 atom stereocenters. The molecular formula is C41H34FN3O5S. The maximum Gasteiger partial charge on any atom is 0.310 e. The summed E-state index contributed by atoms with van der Waals surface area (Å²) in [5.74, 6) is -1.67. The van der Waals surface area contributed by atoms with E-state index in [1.165, 1.54) is 16.2 Å². The fourth-order valence-corrected chi connectivity index (χ4v) is 7.79. The number of aryl methyl sites for hydroxylation is 1. The number of amides is 2. The van der Waals surface area contributed by atoms with Gasteiger partial charge in [0.2, 0.25) is 5.78 Å². The lowest BCUT2D eigenvalue weighted by Gasteiger charge is -2.15. The van der Waals surface area contributed by atoms with Crippen molar-refractivity contribution in [2.75, 3.05) is 18.9 Å². The number of unbranched alkanes of at least 4 members (excludes halogenated alkanes) is 1. The topological polar surface area (TPSA) is 112 Å². The van der Waals surface area contributed by atoms with Crippen LogP contribution in [0.1, 0.15) is 61.3 Å². The molecule has 0 bridgehead atoms. The largest absolute Gasteiger partial charge is 0.466 e. The van der Waals surface area contributed by atoms with Gasteiger partial charge in [0, 0.05) is 40.2 Å². The fraction of sp³-hybridized carbons (Fsp3) is 0.171. The third-order valence-electron chi connectivity index (χ3n) is 9.03. The molecule has 0 radical (unpaired) electrons. The van der Waals surface area contributed by atoms with Crippen molar-refractivity contribution in [2.45, 2.75) is 32.7 Å². The standard InChI is InChI=1S/C41H34FN3O5S/c1-2-50-35(46)24-28-23-34(51-39(28)27-13-10-14-29(43)21-27)38(47)26-17-18-32-33(22-26)44(37(36(32)42)25-11-4-3-5-12-25)19-8-9-20-45-40(48)30-15-6-7-16-31(30)41(45)49/h3-7,10-18,21-23H,2,8-9,19-20,24,43H2,1H3. The van der Waals surface area contributed by atoms with Gasteiger partial charge >= 0.3 is 5.97 Å². The number of thiophene rings is 1. The zero-order valence-electron chi connectivity index (χ0n) is 27.9. The van der Waals surface area contributed by atoms with Gasteiger partial charge in [-0.25, -0.2) is 4.39 Å². The highest BCUT2D eigenvalue weighted by Crippen LogP contribution is 2.37. The van der Waals surface area contributed by atoms with Gasteiger partial charge in [0.1, 0.15) is 0 Å². The number of nitrogens with zero attached hydrogens (tertiary/aromatic N) is 2. The monoisotopic (exact) mass is 699 g/mol. The number of anilines is 1. The zero-order valence-corrected chi connectivity index (χ0v) is 28.7. The molecule has 10 heteroatoms. The average Bonchev–Trinajstić information content (AvgIpc) is 3.76. The first kappa shape index (κ1) is 33.6. The molecule has 2 amide bonds. The van der Waals surface area contributed by atoms with E-state index in [0.717, 1.165) is 10.4 Å². The molecule has 256 valence electrons. The van der Waals surface area contributed by atoms with E-state index in [9.17, 15) is 19.2 Å². The van der Waals surface area contributed by atoms with E-state index >= 15 is 4.39 Å².